The number of likely N-dealkylation sites (N-methyl/N-ethyl adjacent to an activating group) is 1. The van der Waals surface area contributed by atoms with Crippen LogP contribution in [0.5, 0.6) is 5.75 Å². The molecule has 0 aliphatic carbocycles. The van der Waals surface area contributed by atoms with Gasteiger partial charge in [-0.3, -0.25) is 4.98 Å². The van der Waals surface area contributed by atoms with Crippen molar-refractivity contribution < 1.29 is 4.74 Å². The van der Waals surface area contributed by atoms with E-state index in [1.165, 1.54) is 0 Å². The molecule has 0 atom stereocenters. The van der Waals surface area contributed by atoms with Gasteiger partial charge in [-0.05, 0) is 46.0 Å². The first kappa shape index (κ1) is 16.9. The zero-order valence-corrected chi connectivity index (χ0v) is 13.6. The lowest BCUT2D eigenvalue weighted by atomic mass is 10.1. The largest absolute Gasteiger partial charge is 0.491 e. The molecule has 1 heterocycles. The Morgan fingerprint density at radius 2 is 1.90 bits per heavy atom. The van der Waals surface area contributed by atoms with E-state index in [4.69, 9.17) is 4.74 Å². The Balaban J connectivity index is 2.35. The monoisotopic (exact) mass is 279 g/mol. The summed E-state index contributed by atoms with van der Waals surface area (Å²) in [6, 6.07) is 4.01. The van der Waals surface area contributed by atoms with Crippen molar-refractivity contribution >= 4 is 0 Å². The van der Waals surface area contributed by atoms with E-state index in [1.807, 2.05) is 18.3 Å². The second kappa shape index (κ2) is 8.22. The lowest BCUT2D eigenvalue weighted by molar-refractivity contribution is 0.222. The summed E-state index contributed by atoms with van der Waals surface area (Å²) in [7, 11) is 0. The van der Waals surface area contributed by atoms with Crippen LogP contribution >= 0.6 is 0 Å². The minimum atomic E-state index is 0.112. The Morgan fingerprint density at radius 1 is 1.20 bits per heavy atom. The fourth-order valence-corrected chi connectivity index (χ4v) is 1.79. The topological polar surface area (TPSA) is 37.4 Å². The molecule has 0 amide bonds. The normalized spacial score (nSPS) is 11.9. The molecule has 0 aromatic carbocycles. The van der Waals surface area contributed by atoms with Crippen LogP contribution in [0.2, 0.25) is 0 Å². The minimum absolute atomic E-state index is 0.112. The molecule has 0 bridgehead atoms. The first-order valence-electron chi connectivity index (χ1n) is 7.49. The van der Waals surface area contributed by atoms with Crippen molar-refractivity contribution in [2.75, 3.05) is 26.2 Å². The van der Waals surface area contributed by atoms with Gasteiger partial charge in [0.25, 0.3) is 0 Å². The molecule has 1 aromatic rings. The summed E-state index contributed by atoms with van der Waals surface area (Å²) in [5.74, 6) is 0.844. The summed E-state index contributed by atoms with van der Waals surface area (Å²) in [5.41, 5.74) is 1.15. The predicted molar refractivity (Wildman–Crippen MR) is 84.1 cm³/mol. The summed E-state index contributed by atoms with van der Waals surface area (Å²) in [5, 5.41) is 3.42. The molecule has 0 spiro atoms. The summed E-state index contributed by atoms with van der Waals surface area (Å²) in [6.07, 6.45) is 1.81. The third kappa shape index (κ3) is 6.87. The highest BCUT2D eigenvalue weighted by Crippen LogP contribution is 2.10. The van der Waals surface area contributed by atoms with E-state index < -0.39 is 0 Å². The van der Waals surface area contributed by atoms with Gasteiger partial charge in [0.15, 0.2) is 0 Å². The average molecular weight is 279 g/mol. The van der Waals surface area contributed by atoms with Crippen molar-refractivity contribution in [1.29, 1.82) is 0 Å². The third-order valence-electron chi connectivity index (χ3n) is 3.17. The number of nitrogens with zero attached hydrogens (tertiary/aromatic N) is 2. The molecule has 4 heteroatoms. The highest BCUT2D eigenvalue weighted by molar-refractivity contribution is 5.19. The molecule has 0 unspecified atom stereocenters. The van der Waals surface area contributed by atoms with Crippen molar-refractivity contribution in [3.8, 4) is 5.75 Å². The Hall–Kier alpha value is -1.13. The van der Waals surface area contributed by atoms with E-state index in [0.717, 1.165) is 37.6 Å². The number of ether oxygens (including phenoxy) is 1. The molecule has 20 heavy (non-hydrogen) atoms. The van der Waals surface area contributed by atoms with E-state index in [1.54, 1.807) is 0 Å². The van der Waals surface area contributed by atoms with E-state index in [-0.39, 0.29) is 5.54 Å². The van der Waals surface area contributed by atoms with Gasteiger partial charge >= 0.3 is 0 Å². The molecule has 0 saturated heterocycles. The van der Waals surface area contributed by atoms with Gasteiger partial charge in [0, 0.05) is 18.6 Å². The second-order valence-corrected chi connectivity index (χ2v) is 5.96. The van der Waals surface area contributed by atoms with E-state index >= 15 is 0 Å². The molecule has 4 nitrogen and oxygen atoms in total. The van der Waals surface area contributed by atoms with E-state index in [9.17, 15) is 0 Å². The third-order valence-corrected chi connectivity index (χ3v) is 3.17. The van der Waals surface area contributed by atoms with Crippen LogP contribution in [-0.4, -0.2) is 41.7 Å². The predicted octanol–water partition coefficient (Wildman–Crippen LogP) is 2.69. The van der Waals surface area contributed by atoms with Gasteiger partial charge in [-0.2, -0.15) is 0 Å². The molecule has 1 N–H and O–H groups in total. The molecule has 0 radical (unpaired) electrons. The molecular formula is C16H29N3O. The number of aromatic nitrogens is 1. The molecule has 1 rings (SSSR count). The van der Waals surface area contributed by atoms with Crippen LogP contribution < -0.4 is 10.1 Å². The van der Waals surface area contributed by atoms with Crippen molar-refractivity contribution in [2.45, 2.75) is 46.7 Å². The van der Waals surface area contributed by atoms with E-state index in [2.05, 4.69) is 49.8 Å². The Bertz CT molecular complexity index is 366. The lowest BCUT2D eigenvalue weighted by Gasteiger charge is -2.20. The molecule has 0 aliphatic rings. The number of pyridine rings is 1. The van der Waals surface area contributed by atoms with Gasteiger partial charge in [-0.15, -0.1) is 0 Å². The van der Waals surface area contributed by atoms with Gasteiger partial charge < -0.3 is 15.0 Å². The number of hydrogen-bond donors (Lipinski definition) is 1. The maximum atomic E-state index is 5.72. The molecule has 0 fully saturated rings. The van der Waals surface area contributed by atoms with Crippen LogP contribution in [0.25, 0.3) is 0 Å². The first-order chi connectivity index (χ1) is 9.44. The molecular weight excluding hydrogens is 250 g/mol. The van der Waals surface area contributed by atoms with Crippen LogP contribution in [0.4, 0.5) is 0 Å². The Morgan fingerprint density at radius 3 is 2.40 bits per heavy atom. The summed E-state index contributed by atoms with van der Waals surface area (Å²) >= 11 is 0. The summed E-state index contributed by atoms with van der Waals surface area (Å²) in [4.78, 5) is 6.76. The lowest BCUT2D eigenvalue weighted by Crippen LogP contribution is -2.35. The standard InChI is InChI=1S/C16H29N3O/c1-6-19(7-2)10-11-20-15-9-8-14(17-13-15)12-18-16(3,4)5/h8-9,13,18H,6-7,10-12H2,1-5H3. The zero-order valence-electron chi connectivity index (χ0n) is 13.6. The van der Waals surface area contributed by atoms with Gasteiger partial charge in [0.1, 0.15) is 12.4 Å². The second-order valence-electron chi connectivity index (χ2n) is 5.96. The van der Waals surface area contributed by atoms with Crippen LogP contribution in [0, 0.1) is 0 Å². The van der Waals surface area contributed by atoms with Crippen LogP contribution in [0.1, 0.15) is 40.3 Å². The fourth-order valence-electron chi connectivity index (χ4n) is 1.79. The highest BCUT2D eigenvalue weighted by atomic mass is 16.5. The minimum Gasteiger partial charge on any atom is -0.491 e. The fraction of sp³-hybridized carbons (Fsp3) is 0.688. The van der Waals surface area contributed by atoms with E-state index in [0.29, 0.717) is 6.61 Å². The van der Waals surface area contributed by atoms with Crippen molar-refractivity contribution in [2.24, 2.45) is 0 Å². The number of rotatable bonds is 8. The van der Waals surface area contributed by atoms with Crippen molar-refractivity contribution in [1.82, 2.24) is 15.2 Å². The summed E-state index contributed by atoms with van der Waals surface area (Å²) < 4.78 is 5.72. The molecule has 0 aliphatic heterocycles. The van der Waals surface area contributed by atoms with Gasteiger partial charge in [0.05, 0.1) is 11.9 Å². The van der Waals surface area contributed by atoms with Gasteiger partial charge in [-0.1, -0.05) is 13.8 Å². The quantitative estimate of drug-likeness (QED) is 0.794. The molecule has 0 saturated carbocycles. The highest BCUT2D eigenvalue weighted by Gasteiger charge is 2.08. The molecule has 1 aromatic heterocycles. The van der Waals surface area contributed by atoms with Gasteiger partial charge in [-0.25, -0.2) is 0 Å². The first-order valence-corrected chi connectivity index (χ1v) is 7.49. The Kier molecular flexibility index (Phi) is 6.96. The van der Waals surface area contributed by atoms with Crippen LogP contribution in [-0.2, 0) is 6.54 Å². The Labute approximate surface area is 123 Å². The average Bonchev–Trinajstić information content (AvgIpc) is 2.42. The van der Waals surface area contributed by atoms with Crippen molar-refractivity contribution in [3.05, 3.63) is 24.0 Å². The maximum absolute atomic E-state index is 5.72. The van der Waals surface area contributed by atoms with Gasteiger partial charge in [0.2, 0.25) is 0 Å². The van der Waals surface area contributed by atoms with Crippen LogP contribution in [0.15, 0.2) is 18.3 Å². The maximum Gasteiger partial charge on any atom is 0.137 e. The molecule has 114 valence electrons. The van der Waals surface area contributed by atoms with Crippen LogP contribution in [0.3, 0.4) is 0 Å². The smallest absolute Gasteiger partial charge is 0.137 e. The SMILES string of the molecule is CCN(CC)CCOc1ccc(CNC(C)(C)C)nc1. The number of hydrogen-bond acceptors (Lipinski definition) is 4. The summed E-state index contributed by atoms with van der Waals surface area (Å²) in [6.45, 7) is 15.4. The zero-order chi connectivity index (χ0) is 15.0. The van der Waals surface area contributed by atoms with Crippen molar-refractivity contribution in [3.63, 3.8) is 0 Å². The number of nitrogens with one attached hydrogen (secondary N) is 1.